The fourth-order valence-corrected chi connectivity index (χ4v) is 1.12. The van der Waals surface area contributed by atoms with Gasteiger partial charge in [0.2, 0.25) is 0 Å². The standard InChI is InChI=1S/C9H12N2O2/c1-6-7(4-10-5-11-6)9(2,3)8(12)13/h4-5H,1-3H3,(H,12,13). The molecule has 0 atom stereocenters. The molecule has 1 aromatic rings. The monoisotopic (exact) mass is 180 g/mol. The summed E-state index contributed by atoms with van der Waals surface area (Å²) in [7, 11) is 0. The van der Waals surface area contributed by atoms with Crippen molar-refractivity contribution >= 4 is 5.97 Å². The lowest BCUT2D eigenvalue weighted by atomic mass is 9.85. The van der Waals surface area contributed by atoms with Crippen LogP contribution >= 0.6 is 0 Å². The van der Waals surface area contributed by atoms with Crippen LogP contribution in [0.4, 0.5) is 0 Å². The topological polar surface area (TPSA) is 63.1 Å². The molecule has 0 bridgehead atoms. The Bertz CT molecular complexity index is 334. The van der Waals surface area contributed by atoms with Crippen molar-refractivity contribution in [2.75, 3.05) is 0 Å². The number of aromatic nitrogens is 2. The predicted octanol–water partition coefficient (Wildman–Crippen LogP) is 1.15. The maximum atomic E-state index is 10.9. The summed E-state index contributed by atoms with van der Waals surface area (Å²) in [5.41, 5.74) is 0.440. The Balaban J connectivity index is 3.22. The Hall–Kier alpha value is -1.45. The van der Waals surface area contributed by atoms with Gasteiger partial charge in [0.05, 0.1) is 5.41 Å². The highest BCUT2D eigenvalue weighted by Crippen LogP contribution is 2.24. The first kappa shape index (κ1) is 9.64. The molecule has 0 radical (unpaired) electrons. The molecule has 13 heavy (non-hydrogen) atoms. The number of carbonyl (C=O) groups is 1. The van der Waals surface area contributed by atoms with Gasteiger partial charge in [0.1, 0.15) is 6.33 Å². The SMILES string of the molecule is Cc1ncncc1C(C)(C)C(=O)O. The smallest absolute Gasteiger partial charge is 0.313 e. The normalized spacial score (nSPS) is 11.3. The summed E-state index contributed by atoms with van der Waals surface area (Å²) < 4.78 is 0. The van der Waals surface area contributed by atoms with Crippen LogP contribution in [0.15, 0.2) is 12.5 Å². The van der Waals surface area contributed by atoms with E-state index in [0.29, 0.717) is 11.3 Å². The zero-order valence-corrected chi connectivity index (χ0v) is 7.90. The second kappa shape index (κ2) is 3.12. The van der Waals surface area contributed by atoms with Crippen LogP contribution in [0.5, 0.6) is 0 Å². The molecular weight excluding hydrogens is 168 g/mol. The van der Waals surface area contributed by atoms with E-state index in [1.165, 1.54) is 6.33 Å². The number of hydrogen-bond donors (Lipinski definition) is 1. The summed E-state index contributed by atoms with van der Waals surface area (Å²) in [6, 6.07) is 0. The first-order valence-electron chi connectivity index (χ1n) is 3.96. The molecule has 0 fully saturated rings. The largest absolute Gasteiger partial charge is 0.481 e. The van der Waals surface area contributed by atoms with Crippen LogP contribution in [0, 0.1) is 6.92 Å². The van der Waals surface area contributed by atoms with Gasteiger partial charge in [-0.05, 0) is 20.8 Å². The highest BCUT2D eigenvalue weighted by molar-refractivity contribution is 5.80. The Morgan fingerprint density at radius 2 is 2.15 bits per heavy atom. The molecule has 0 aliphatic carbocycles. The molecule has 70 valence electrons. The molecule has 0 unspecified atom stereocenters. The second-order valence-corrected chi connectivity index (χ2v) is 3.45. The summed E-state index contributed by atoms with van der Waals surface area (Å²) in [6.07, 6.45) is 2.97. The van der Waals surface area contributed by atoms with E-state index in [1.807, 2.05) is 0 Å². The van der Waals surface area contributed by atoms with Crippen LogP contribution in [-0.4, -0.2) is 21.0 Å². The quantitative estimate of drug-likeness (QED) is 0.741. The zero-order valence-electron chi connectivity index (χ0n) is 7.90. The number of aliphatic carboxylic acids is 1. The molecule has 4 nitrogen and oxygen atoms in total. The maximum absolute atomic E-state index is 10.9. The van der Waals surface area contributed by atoms with Gasteiger partial charge in [-0.3, -0.25) is 4.79 Å². The van der Waals surface area contributed by atoms with Gasteiger partial charge < -0.3 is 5.11 Å². The van der Waals surface area contributed by atoms with Gasteiger partial charge in [-0.2, -0.15) is 0 Å². The average molecular weight is 180 g/mol. The maximum Gasteiger partial charge on any atom is 0.313 e. The molecule has 1 heterocycles. The number of carboxylic acid groups (broad SMARTS) is 1. The van der Waals surface area contributed by atoms with Crippen molar-refractivity contribution in [1.82, 2.24) is 9.97 Å². The highest BCUT2D eigenvalue weighted by atomic mass is 16.4. The summed E-state index contributed by atoms with van der Waals surface area (Å²) in [5.74, 6) is -0.870. The average Bonchev–Trinajstić information content (AvgIpc) is 2.04. The third kappa shape index (κ3) is 1.66. The molecule has 0 amide bonds. The van der Waals surface area contributed by atoms with E-state index in [4.69, 9.17) is 5.11 Å². The molecular formula is C9H12N2O2. The Morgan fingerprint density at radius 1 is 1.54 bits per heavy atom. The number of nitrogens with zero attached hydrogens (tertiary/aromatic N) is 2. The fourth-order valence-electron chi connectivity index (χ4n) is 1.12. The predicted molar refractivity (Wildman–Crippen MR) is 47.4 cm³/mol. The number of hydrogen-bond acceptors (Lipinski definition) is 3. The first-order chi connectivity index (χ1) is 5.96. The van der Waals surface area contributed by atoms with E-state index in [-0.39, 0.29) is 0 Å². The summed E-state index contributed by atoms with van der Waals surface area (Å²) in [5, 5.41) is 8.96. The third-order valence-electron chi connectivity index (χ3n) is 2.12. The van der Waals surface area contributed by atoms with E-state index >= 15 is 0 Å². The lowest BCUT2D eigenvalue weighted by Crippen LogP contribution is -2.29. The number of aryl methyl sites for hydroxylation is 1. The van der Waals surface area contributed by atoms with E-state index in [0.717, 1.165) is 0 Å². The molecule has 1 aromatic heterocycles. The van der Waals surface area contributed by atoms with Crippen LogP contribution in [0.2, 0.25) is 0 Å². The van der Waals surface area contributed by atoms with Crippen LogP contribution in [0.3, 0.4) is 0 Å². The molecule has 0 spiro atoms. The minimum atomic E-state index is -0.925. The molecule has 0 aliphatic heterocycles. The van der Waals surface area contributed by atoms with Gasteiger partial charge in [-0.15, -0.1) is 0 Å². The van der Waals surface area contributed by atoms with E-state index in [2.05, 4.69) is 9.97 Å². The fraction of sp³-hybridized carbons (Fsp3) is 0.444. The summed E-state index contributed by atoms with van der Waals surface area (Å²) >= 11 is 0. The van der Waals surface area contributed by atoms with Gasteiger partial charge >= 0.3 is 5.97 Å². The summed E-state index contributed by atoms with van der Waals surface area (Å²) in [4.78, 5) is 18.7. The van der Waals surface area contributed by atoms with Crippen molar-refractivity contribution in [3.8, 4) is 0 Å². The minimum absolute atomic E-state index is 0.655. The van der Waals surface area contributed by atoms with Crippen molar-refractivity contribution in [3.63, 3.8) is 0 Å². The Labute approximate surface area is 76.7 Å². The zero-order chi connectivity index (χ0) is 10.1. The van der Waals surface area contributed by atoms with Crippen molar-refractivity contribution in [2.24, 2.45) is 0 Å². The number of carboxylic acids is 1. The molecule has 0 saturated carbocycles. The molecule has 0 aromatic carbocycles. The van der Waals surface area contributed by atoms with Gasteiger partial charge in [-0.1, -0.05) is 0 Å². The van der Waals surface area contributed by atoms with Crippen LogP contribution in [-0.2, 0) is 10.2 Å². The molecule has 0 saturated heterocycles. The van der Waals surface area contributed by atoms with Gasteiger partial charge in [-0.25, -0.2) is 9.97 Å². The van der Waals surface area contributed by atoms with E-state index < -0.39 is 11.4 Å². The van der Waals surface area contributed by atoms with E-state index in [1.54, 1.807) is 27.0 Å². The van der Waals surface area contributed by atoms with Crippen molar-refractivity contribution in [3.05, 3.63) is 23.8 Å². The molecule has 1 N–H and O–H groups in total. The molecule has 4 heteroatoms. The summed E-state index contributed by atoms with van der Waals surface area (Å²) in [6.45, 7) is 5.06. The van der Waals surface area contributed by atoms with E-state index in [9.17, 15) is 4.79 Å². The second-order valence-electron chi connectivity index (χ2n) is 3.45. The van der Waals surface area contributed by atoms with Crippen molar-refractivity contribution < 1.29 is 9.90 Å². The highest BCUT2D eigenvalue weighted by Gasteiger charge is 2.31. The van der Waals surface area contributed by atoms with Gasteiger partial charge in [0.15, 0.2) is 0 Å². The van der Waals surface area contributed by atoms with Crippen molar-refractivity contribution in [2.45, 2.75) is 26.2 Å². The van der Waals surface area contributed by atoms with Crippen LogP contribution < -0.4 is 0 Å². The van der Waals surface area contributed by atoms with Crippen molar-refractivity contribution in [1.29, 1.82) is 0 Å². The van der Waals surface area contributed by atoms with Gasteiger partial charge in [0, 0.05) is 17.5 Å². The van der Waals surface area contributed by atoms with Crippen LogP contribution in [0.25, 0.3) is 0 Å². The van der Waals surface area contributed by atoms with Crippen LogP contribution in [0.1, 0.15) is 25.1 Å². The number of rotatable bonds is 2. The lowest BCUT2D eigenvalue weighted by molar-refractivity contribution is -0.142. The Kier molecular flexibility index (Phi) is 2.32. The first-order valence-corrected chi connectivity index (χ1v) is 3.96. The molecule has 1 rings (SSSR count). The van der Waals surface area contributed by atoms with Gasteiger partial charge in [0.25, 0.3) is 0 Å². The molecule has 0 aliphatic rings. The third-order valence-corrected chi connectivity index (χ3v) is 2.12. The lowest BCUT2D eigenvalue weighted by Gasteiger charge is -2.20. The minimum Gasteiger partial charge on any atom is -0.481 e. The Morgan fingerprint density at radius 3 is 2.62 bits per heavy atom.